The molecule has 1 saturated heterocycles. The Morgan fingerprint density at radius 1 is 1.50 bits per heavy atom. The van der Waals surface area contributed by atoms with Gasteiger partial charge in [-0.05, 0) is 39.2 Å². The van der Waals surface area contributed by atoms with Crippen LogP contribution < -0.4 is 0 Å². The van der Waals surface area contributed by atoms with Crippen LogP contribution in [0.25, 0.3) is 0 Å². The van der Waals surface area contributed by atoms with Crippen LogP contribution in [0.4, 0.5) is 0 Å². The minimum absolute atomic E-state index is 0.292. The Labute approximate surface area is 96.3 Å². The van der Waals surface area contributed by atoms with Gasteiger partial charge in [0, 0.05) is 13.2 Å². The zero-order valence-corrected chi connectivity index (χ0v) is 10.1. The Bertz CT molecular complexity index is 329. The van der Waals surface area contributed by atoms with E-state index in [1.807, 2.05) is 13.8 Å². The second kappa shape index (κ2) is 4.97. The number of likely N-dealkylation sites (tertiary alicyclic amines) is 1. The van der Waals surface area contributed by atoms with Gasteiger partial charge >= 0.3 is 0 Å². The van der Waals surface area contributed by atoms with Gasteiger partial charge in [-0.2, -0.15) is 0 Å². The van der Waals surface area contributed by atoms with Gasteiger partial charge in [0.05, 0.1) is 12.2 Å². The second-order valence-electron chi connectivity index (χ2n) is 4.68. The van der Waals surface area contributed by atoms with Crippen molar-refractivity contribution >= 4 is 0 Å². The highest BCUT2D eigenvalue weighted by Gasteiger charge is 2.20. The van der Waals surface area contributed by atoms with E-state index in [0.717, 1.165) is 49.8 Å². The Hall–Kier alpha value is -0.870. The monoisotopic (exact) mass is 224 g/mol. The molecule has 1 unspecified atom stereocenters. The Morgan fingerprint density at radius 3 is 2.94 bits per heavy atom. The van der Waals surface area contributed by atoms with Crippen LogP contribution in [0, 0.1) is 19.8 Å². The molecule has 1 atom stereocenters. The lowest BCUT2D eigenvalue weighted by atomic mass is 9.99. The molecule has 1 fully saturated rings. The number of oxazole rings is 1. The number of aliphatic hydroxyl groups excluding tert-OH is 1. The van der Waals surface area contributed by atoms with Crippen molar-refractivity contribution in [1.29, 1.82) is 0 Å². The standard InChI is InChI=1S/C12H20N2O2/c1-9-10(2)16-12(13-9)7-14-5-3-4-11(6-14)8-15/h11,15H,3-8H2,1-2H3. The highest BCUT2D eigenvalue weighted by Crippen LogP contribution is 2.18. The minimum atomic E-state index is 0.292. The lowest BCUT2D eigenvalue weighted by Gasteiger charge is -2.30. The molecular formula is C12H20N2O2. The normalized spacial score (nSPS) is 22.6. The van der Waals surface area contributed by atoms with Crippen molar-refractivity contribution in [2.75, 3.05) is 19.7 Å². The third kappa shape index (κ3) is 2.62. The number of hydrogen-bond acceptors (Lipinski definition) is 4. The topological polar surface area (TPSA) is 49.5 Å². The smallest absolute Gasteiger partial charge is 0.208 e. The van der Waals surface area contributed by atoms with Gasteiger partial charge < -0.3 is 9.52 Å². The second-order valence-corrected chi connectivity index (χ2v) is 4.68. The van der Waals surface area contributed by atoms with Crippen LogP contribution in [0.5, 0.6) is 0 Å². The summed E-state index contributed by atoms with van der Waals surface area (Å²) in [5.74, 6) is 2.13. The summed E-state index contributed by atoms with van der Waals surface area (Å²) in [6, 6.07) is 0. The van der Waals surface area contributed by atoms with Crippen molar-refractivity contribution in [1.82, 2.24) is 9.88 Å². The molecule has 1 aromatic rings. The van der Waals surface area contributed by atoms with E-state index in [9.17, 15) is 0 Å². The Balaban J connectivity index is 1.93. The number of piperidine rings is 1. The predicted molar refractivity (Wildman–Crippen MR) is 61.1 cm³/mol. The van der Waals surface area contributed by atoms with E-state index < -0.39 is 0 Å². The van der Waals surface area contributed by atoms with Crippen LogP contribution in [0.15, 0.2) is 4.42 Å². The van der Waals surface area contributed by atoms with E-state index in [2.05, 4.69) is 9.88 Å². The van der Waals surface area contributed by atoms with Crippen molar-refractivity contribution in [2.24, 2.45) is 5.92 Å². The van der Waals surface area contributed by atoms with E-state index in [1.54, 1.807) is 0 Å². The molecule has 1 aliphatic rings. The van der Waals surface area contributed by atoms with Crippen LogP contribution in [0.1, 0.15) is 30.2 Å². The molecule has 0 radical (unpaired) electrons. The van der Waals surface area contributed by atoms with Crippen molar-refractivity contribution in [3.63, 3.8) is 0 Å². The third-order valence-corrected chi connectivity index (χ3v) is 3.29. The molecule has 0 aromatic carbocycles. The third-order valence-electron chi connectivity index (χ3n) is 3.29. The van der Waals surface area contributed by atoms with Crippen molar-refractivity contribution in [3.8, 4) is 0 Å². The molecule has 0 aliphatic carbocycles. The van der Waals surface area contributed by atoms with Gasteiger partial charge in [0.2, 0.25) is 5.89 Å². The summed E-state index contributed by atoms with van der Waals surface area (Å²) in [6.45, 7) is 7.01. The Kier molecular flexibility index (Phi) is 3.61. The largest absolute Gasteiger partial charge is 0.444 e. The molecule has 1 N–H and O–H groups in total. The van der Waals surface area contributed by atoms with E-state index in [1.165, 1.54) is 0 Å². The maximum atomic E-state index is 9.16. The molecule has 16 heavy (non-hydrogen) atoms. The number of aliphatic hydroxyl groups is 1. The molecule has 0 spiro atoms. The van der Waals surface area contributed by atoms with Gasteiger partial charge in [-0.25, -0.2) is 4.98 Å². The zero-order valence-electron chi connectivity index (χ0n) is 10.1. The summed E-state index contributed by atoms with van der Waals surface area (Å²) < 4.78 is 5.57. The zero-order chi connectivity index (χ0) is 11.5. The first-order chi connectivity index (χ1) is 7.69. The van der Waals surface area contributed by atoms with Gasteiger partial charge in [-0.1, -0.05) is 0 Å². The molecular weight excluding hydrogens is 204 g/mol. The lowest BCUT2D eigenvalue weighted by Crippen LogP contribution is -2.36. The van der Waals surface area contributed by atoms with E-state index in [4.69, 9.17) is 9.52 Å². The molecule has 4 heteroatoms. The van der Waals surface area contributed by atoms with Crippen molar-refractivity contribution in [3.05, 3.63) is 17.3 Å². The van der Waals surface area contributed by atoms with Crippen LogP contribution in [0.3, 0.4) is 0 Å². The fraction of sp³-hybridized carbons (Fsp3) is 0.750. The molecule has 2 rings (SSSR count). The van der Waals surface area contributed by atoms with Crippen LogP contribution >= 0.6 is 0 Å². The fourth-order valence-corrected chi connectivity index (χ4v) is 2.24. The fourth-order valence-electron chi connectivity index (χ4n) is 2.24. The number of hydrogen-bond donors (Lipinski definition) is 1. The maximum absolute atomic E-state index is 9.16. The first kappa shape index (κ1) is 11.6. The van der Waals surface area contributed by atoms with Gasteiger partial charge in [0.15, 0.2) is 0 Å². The van der Waals surface area contributed by atoms with Gasteiger partial charge in [0.1, 0.15) is 5.76 Å². The number of rotatable bonds is 3. The van der Waals surface area contributed by atoms with E-state index in [0.29, 0.717) is 12.5 Å². The van der Waals surface area contributed by atoms with E-state index in [-0.39, 0.29) is 0 Å². The lowest BCUT2D eigenvalue weighted by molar-refractivity contribution is 0.109. The van der Waals surface area contributed by atoms with Crippen LogP contribution in [0.2, 0.25) is 0 Å². The molecule has 2 heterocycles. The predicted octanol–water partition coefficient (Wildman–Crippen LogP) is 1.50. The molecule has 0 bridgehead atoms. The first-order valence-electron chi connectivity index (χ1n) is 5.95. The van der Waals surface area contributed by atoms with Crippen LogP contribution in [-0.2, 0) is 6.54 Å². The molecule has 0 amide bonds. The van der Waals surface area contributed by atoms with Gasteiger partial charge in [-0.3, -0.25) is 4.90 Å². The Morgan fingerprint density at radius 2 is 2.31 bits per heavy atom. The number of aryl methyl sites for hydroxylation is 2. The summed E-state index contributed by atoms with van der Waals surface area (Å²) in [4.78, 5) is 6.70. The minimum Gasteiger partial charge on any atom is -0.444 e. The summed E-state index contributed by atoms with van der Waals surface area (Å²) in [5, 5.41) is 9.16. The van der Waals surface area contributed by atoms with E-state index >= 15 is 0 Å². The molecule has 1 aromatic heterocycles. The highest BCUT2D eigenvalue weighted by molar-refractivity contribution is 5.05. The number of nitrogens with zero attached hydrogens (tertiary/aromatic N) is 2. The summed E-state index contributed by atoms with van der Waals surface area (Å²) in [5.41, 5.74) is 0.978. The highest BCUT2D eigenvalue weighted by atomic mass is 16.4. The molecule has 0 saturated carbocycles. The first-order valence-corrected chi connectivity index (χ1v) is 5.95. The molecule has 1 aliphatic heterocycles. The average Bonchev–Trinajstić information content (AvgIpc) is 2.58. The molecule has 90 valence electrons. The van der Waals surface area contributed by atoms with Gasteiger partial charge in [-0.15, -0.1) is 0 Å². The van der Waals surface area contributed by atoms with Gasteiger partial charge in [0.25, 0.3) is 0 Å². The van der Waals surface area contributed by atoms with Crippen molar-refractivity contribution < 1.29 is 9.52 Å². The SMILES string of the molecule is Cc1nc(CN2CCCC(CO)C2)oc1C. The maximum Gasteiger partial charge on any atom is 0.208 e. The number of aromatic nitrogens is 1. The summed E-state index contributed by atoms with van der Waals surface area (Å²) >= 11 is 0. The summed E-state index contributed by atoms with van der Waals surface area (Å²) in [6.07, 6.45) is 2.29. The summed E-state index contributed by atoms with van der Waals surface area (Å²) in [7, 11) is 0. The average molecular weight is 224 g/mol. The van der Waals surface area contributed by atoms with Crippen LogP contribution in [-0.4, -0.2) is 34.7 Å². The quantitative estimate of drug-likeness (QED) is 0.845. The van der Waals surface area contributed by atoms with Crippen molar-refractivity contribution in [2.45, 2.75) is 33.2 Å². The molecule has 4 nitrogen and oxygen atoms in total.